The Hall–Kier alpha value is -0.760. The van der Waals surface area contributed by atoms with E-state index in [9.17, 15) is 4.79 Å². The van der Waals surface area contributed by atoms with Crippen molar-refractivity contribution in [2.24, 2.45) is 17.8 Å². The molecule has 0 aromatic rings. The summed E-state index contributed by atoms with van der Waals surface area (Å²) < 4.78 is 5.16. The number of allylic oxidation sites excluding steroid dienone is 2. The van der Waals surface area contributed by atoms with Crippen LogP contribution in [0.1, 0.15) is 33.6 Å². The zero-order chi connectivity index (χ0) is 14.1. The SMILES string of the molecule is C=C[C@@H](CCC(=C)C)[C@H](COC(=O)CCl)C(C)C. The number of halogens is 1. The third kappa shape index (κ3) is 6.85. The van der Waals surface area contributed by atoms with Gasteiger partial charge < -0.3 is 4.74 Å². The molecule has 0 N–H and O–H groups in total. The molecule has 0 fully saturated rings. The highest BCUT2D eigenvalue weighted by Gasteiger charge is 2.23. The highest BCUT2D eigenvalue weighted by atomic mass is 35.5. The molecule has 2 nitrogen and oxygen atoms in total. The maximum Gasteiger partial charge on any atom is 0.320 e. The van der Waals surface area contributed by atoms with Crippen molar-refractivity contribution in [1.29, 1.82) is 0 Å². The summed E-state index contributed by atoms with van der Waals surface area (Å²) in [5.41, 5.74) is 1.17. The number of carbonyl (C=O) groups is 1. The van der Waals surface area contributed by atoms with Gasteiger partial charge in [0, 0.05) is 5.92 Å². The maximum atomic E-state index is 11.1. The number of hydrogen-bond acceptors (Lipinski definition) is 2. The van der Waals surface area contributed by atoms with Gasteiger partial charge in [-0.3, -0.25) is 4.79 Å². The smallest absolute Gasteiger partial charge is 0.320 e. The van der Waals surface area contributed by atoms with E-state index < -0.39 is 0 Å². The maximum absolute atomic E-state index is 11.1. The quantitative estimate of drug-likeness (QED) is 0.357. The summed E-state index contributed by atoms with van der Waals surface area (Å²) in [4.78, 5) is 11.1. The Morgan fingerprint density at radius 3 is 2.44 bits per heavy atom. The van der Waals surface area contributed by atoms with Crippen LogP contribution in [0.3, 0.4) is 0 Å². The molecule has 0 amide bonds. The second-order valence-corrected chi connectivity index (χ2v) is 5.39. The minimum absolute atomic E-state index is 0.0880. The van der Waals surface area contributed by atoms with Crippen molar-refractivity contribution < 1.29 is 9.53 Å². The van der Waals surface area contributed by atoms with Crippen LogP contribution in [0.25, 0.3) is 0 Å². The first kappa shape index (κ1) is 17.2. The molecule has 0 bridgehead atoms. The molecule has 0 spiro atoms. The minimum atomic E-state index is -0.356. The van der Waals surface area contributed by atoms with Gasteiger partial charge in [-0.2, -0.15) is 0 Å². The summed E-state index contributed by atoms with van der Waals surface area (Å²) >= 11 is 5.42. The van der Waals surface area contributed by atoms with Gasteiger partial charge in [0.15, 0.2) is 0 Å². The molecule has 0 aromatic carbocycles. The van der Waals surface area contributed by atoms with Crippen molar-refractivity contribution in [3.8, 4) is 0 Å². The molecule has 18 heavy (non-hydrogen) atoms. The Balaban J connectivity index is 4.47. The molecular formula is C15H25ClO2. The highest BCUT2D eigenvalue weighted by Crippen LogP contribution is 2.27. The third-order valence-corrected chi connectivity index (χ3v) is 3.38. The number of alkyl halides is 1. The monoisotopic (exact) mass is 272 g/mol. The van der Waals surface area contributed by atoms with E-state index in [0.29, 0.717) is 18.4 Å². The fourth-order valence-electron chi connectivity index (χ4n) is 1.96. The molecular weight excluding hydrogens is 248 g/mol. The van der Waals surface area contributed by atoms with E-state index in [1.807, 2.05) is 13.0 Å². The first-order valence-electron chi connectivity index (χ1n) is 6.40. The van der Waals surface area contributed by atoms with E-state index >= 15 is 0 Å². The van der Waals surface area contributed by atoms with Crippen molar-refractivity contribution in [3.63, 3.8) is 0 Å². The van der Waals surface area contributed by atoms with E-state index in [-0.39, 0.29) is 17.8 Å². The highest BCUT2D eigenvalue weighted by molar-refractivity contribution is 6.26. The Labute approximate surface area is 116 Å². The summed E-state index contributed by atoms with van der Waals surface area (Å²) in [5.74, 6) is 0.611. The second-order valence-electron chi connectivity index (χ2n) is 5.12. The molecule has 0 saturated carbocycles. The first-order valence-corrected chi connectivity index (χ1v) is 6.94. The minimum Gasteiger partial charge on any atom is -0.464 e. The second kappa shape index (κ2) is 9.21. The molecule has 0 aromatic heterocycles. The summed E-state index contributed by atoms with van der Waals surface area (Å²) in [5, 5.41) is 0. The van der Waals surface area contributed by atoms with Gasteiger partial charge in [-0.25, -0.2) is 0 Å². The van der Waals surface area contributed by atoms with Gasteiger partial charge >= 0.3 is 5.97 Å². The van der Waals surface area contributed by atoms with E-state index in [4.69, 9.17) is 16.3 Å². The van der Waals surface area contributed by atoms with Gasteiger partial charge in [0.2, 0.25) is 0 Å². The predicted octanol–water partition coefficient (Wildman–Crippen LogP) is 4.20. The Morgan fingerprint density at radius 2 is 2.06 bits per heavy atom. The average Bonchev–Trinajstić information content (AvgIpc) is 2.31. The first-order chi connectivity index (χ1) is 8.42. The average molecular weight is 273 g/mol. The van der Waals surface area contributed by atoms with Gasteiger partial charge in [0.1, 0.15) is 5.88 Å². The van der Waals surface area contributed by atoms with Crippen LogP contribution in [-0.2, 0) is 9.53 Å². The van der Waals surface area contributed by atoms with E-state index in [1.165, 1.54) is 5.57 Å². The summed E-state index contributed by atoms with van der Waals surface area (Å²) in [6, 6.07) is 0. The molecule has 104 valence electrons. The van der Waals surface area contributed by atoms with Crippen molar-refractivity contribution in [2.75, 3.05) is 12.5 Å². The number of ether oxygens (including phenoxy) is 1. The van der Waals surface area contributed by atoms with E-state index in [0.717, 1.165) is 12.8 Å². The van der Waals surface area contributed by atoms with Gasteiger partial charge in [0.05, 0.1) is 6.61 Å². The summed E-state index contributed by atoms with van der Waals surface area (Å²) in [7, 11) is 0. The van der Waals surface area contributed by atoms with E-state index in [1.54, 1.807) is 0 Å². The van der Waals surface area contributed by atoms with Crippen LogP contribution in [0.5, 0.6) is 0 Å². The lowest BCUT2D eigenvalue weighted by molar-refractivity contribution is -0.142. The Morgan fingerprint density at radius 1 is 1.44 bits per heavy atom. The molecule has 3 heteroatoms. The number of rotatable bonds is 9. The van der Waals surface area contributed by atoms with E-state index in [2.05, 4.69) is 27.0 Å². The standard InChI is InChI=1S/C15H25ClO2/c1-6-13(8-7-11(2)3)14(12(4)5)10-18-15(17)9-16/h6,12-14H,1-2,7-10H2,3-5H3/t13-,14+/m0/s1. The molecule has 2 atom stereocenters. The Kier molecular flexibility index (Phi) is 8.82. The molecule has 0 aliphatic carbocycles. The summed E-state index contributed by atoms with van der Waals surface area (Å²) in [6.45, 7) is 14.5. The van der Waals surface area contributed by atoms with Crippen LogP contribution in [0, 0.1) is 17.8 Å². The summed E-state index contributed by atoms with van der Waals surface area (Å²) in [6.07, 6.45) is 3.94. The van der Waals surface area contributed by atoms with Gasteiger partial charge in [-0.15, -0.1) is 24.8 Å². The fourth-order valence-corrected chi connectivity index (χ4v) is 2.04. The number of esters is 1. The lowest BCUT2D eigenvalue weighted by Crippen LogP contribution is -2.26. The zero-order valence-corrected chi connectivity index (χ0v) is 12.5. The molecule has 0 unspecified atom stereocenters. The van der Waals surface area contributed by atoms with Crippen LogP contribution in [0.4, 0.5) is 0 Å². The van der Waals surface area contributed by atoms with Crippen molar-refractivity contribution in [2.45, 2.75) is 33.6 Å². The lowest BCUT2D eigenvalue weighted by Gasteiger charge is -2.27. The lowest BCUT2D eigenvalue weighted by atomic mass is 9.81. The molecule has 0 saturated heterocycles. The molecule has 0 aliphatic rings. The molecule has 0 rings (SSSR count). The van der Waals surface area contributed by atoms with Gasteiger partial charge in [-0.1, -0.05) is 25.5 Å². The topological polar surface area (TPSA) is 26.3 Å². The largest absolute Gasteiger partial charge is 0.464 e. The van der Waals surface area contributed by atoms with Crippen molar-refractivity contribution in [3.05, 3.63) is 24.8 Å². The van der Waals surface area contributed by atoms with Crippen molar-refractivity contribution in [1.82, 2.24) is 0 Å². The zero-order valence-electron chi connectivity index (χ0n) is 11.7. The molecule has 0 radical (unpaired) electrons. The molecule has 0 aliphatic heterocycles. The number of hydrogen-bond donors (Lipinski definition) is 0. The van der Waals surface area contributed by atoms with Crippen LogP contribution in [-0.4, -0.2) is 18.5 Å². The van der Waals surface area contributed by atoms with Gasteiger partial charge in [-0.05, 0) is 31.6 Å². The fraction of sp³-hybridized carbons (Fsp3) is 0.667. The molecule has 0 heterocycles. The van der Waals surface area contributed by atoms with Crippen LogP contribution in [0.2, 0.25) is 0 Å². The third-order valence-electron chi connectivity index (χ3n) is 3.16. The van der Waals surface area contributed by atoms with Crippen LogP contribution in [0.15, 0.2) is 24.8 Å². The number of carbonyl (C=O) groups excluding carboxylic acids is 1. The Bertz CT molecular complexity index is 284. The predicted molar refractivity (Wildman–Crippen MR) is 77.7 cm³/mol. The van der Waals surface area contributed by atoms with Gasteiger partial charge in [0.25, 0.3) is 0 Å². The van der Waals surface area contributed by atoms with Crippen molar-refractivity contribution >= 4 is 17.6 Å². The van der Waals surface area contributed by atoms with Crippen LogP contribution < -0.4 is 0 Å². The normalized spacial score (nSPS) is 14.1. The van der Waals surface area contributed by atoms with Crippen LogP contribution >= 0.6 is 11.6 Å².